The Morgan fingerprint density at radius 2 is 1.85 bits per heavy atom. The van der Waals surface area contributed by atoms with Gasteiger partial charge in [0, 0.05) is 17.0 Å². The van der Waals surface area contributed by atoms with E-state index in [1.807, 2.05) is 0 Å². The van der Waals surface area contributed by atoms with Gasteiger partial charge in [-0.25, -0.2) is 0 Å². The average molecular weight is 298 g/mol. The number of benzene rings is 1. The first-order chi connectivity index (χ1) is 9.31. The second-order valence-electron chi connectivity index (χ2n) is 4.08. The zero-order chi connectivity index (χ0) is 15.3. The van der Waals surface area contributed by atoms with E-state index in [1.165, 1.54) is 30.8 Å². The topological polar surface area (TPSA) is 110 Å². The van der Waals surface area contributed by atoms with Gasteiger partial charge in [-0.3, -0.25) is 19.7 Å². The molecule has 0 heterocycles. The summed E-state index contributed by atoms with van der Waals surface area (Å²) in [6.07, 6.45) is 0. The maximum absolute atomic E-state index is 11.7. The van der Waals surface area contributed by atoms with Gasteiger partial charge in [-0.1, -0.05) is 0 Å². The second-order valence-corrected chi connectivity index (χ2v) is 5.49. The van der Waals surface area contributed by atoms with Gasteiger partial charge >= 0.3 is 5.97 Å². The van der Waals surface area contributed by atoms with Crippen LogP contribution in [0.4, 0.5) is 5.69 Å². The molecule has 0 aliphatic carbocycles. The third kappa shape index (κ3) is 4.54. The molecule has 1 rings (SSSR count). The number of carbonyl (C=O) groups excluding carboxylic acids is 1. The molecule has 2 unspecified atom stereocenters. The van der Waals surface area contributed by atoms with Crippen molar-refractivity contribution in [2.24, 2.45) is 0 Å². The van der Waals surface area contributed by atoms with Crippen LogP contribution in [0.3, 0.4) is 0 Å². The maximum Gasteiger partial charge on any atom is 0.325 e. The molecule has 0 aliphatic heterocycles. The summed E-state index contributed by atoms with van der Waals surface area (Å²) in [5, 5.41) is 21.1. The van der Waals surface area contributed by atoms with Crippen molar-refractivity contribution < 1.29 is 19.6 Å². The van der Waals surface area contributed by atoms with E-state index < -0.39 is 28.1 Å². The summed E-state index contributed by atoms with van der Waals surface area (Å²) >= 11 is 1.20. The van der Waals surface area contributed by atoms with Gasteiger partial charge in [0.25, 0.3) is 5.69 Å². The number of hydrogen-bond donors (Lipinski definition) is 2. The van der Waals surface area contributed by atoms with Gasteiger partial charge in [-0.2, -0.15) is 0 Å². The van der Waals surface area contributed by atoms with Gasteiger partial charge in [0.15, 0.2) is 0 Å². The van der Waals surface area contributed by atoms with E-state index in [2.05, 4.69) is 5.32 Å². The van der Waals surface area contributed by atoms with Crippen LogP contribution in [-0.4, -0.2) is 33.2 Å². The Bertz CT molecular complexity index is 517. The highest BCUT2D eigenvalue weighted by Gasteiger charge is 2.20. The lowest BCUT2D eigenvalue weighted by atomic mass is 10.3. The molecule has 1 aromatic carbocycles. The first kappa shape index (κ1) is 16.0. The van der Waals surface area contributed by atoms with Crippen LogP contribution >= 0.6 is 11.8 Å². The highest BCUT2D eigenvalue weighted by Crippen LogP contribution is 2.25. The molecule has 0 saturated carbocycles. The van der Waals surface area contributed by atoms with Gasteiger partial charge < -0.3 is 10.4 Å². The van der Waals surface area contributed by atoms with E-state index in [4.69, 9.17) is 5.11 Å². The molecule has 0 aromatic heterocycles. The summed E-state index contributed by atoms with van der Waals surface area (Å²) < 4.78 is 0. The van der Waals surface area contributed by atoms with E-state index in [0.29, 0.717) is 4.90 Å². The summed E-state index contributed by atoms with van der Waals surface area (Å²) in [6, 6.07) is 4.85. The Labute approximate surface area is 119 Å². The third-order valence-electron chi connectivity index (χ3n) is 2.46. The Kier molecular flexibility index (Phi) is 5.51. The minimum Gasteiger partial charge on any atom is -0.480 e. The molecule has 0 bridgehead atoms. The Morgan fingerprint density at radius 3 is 2.30 bits per heavy atom. The smallest absolute Gasteiger partial charge is 0.325 e. The van der Waals surface area contributed by atoms with Crippen LogP contribution in [0.5, 0.6) is 0 Å². The van der Waals surface area contributed by atoms with Crippen molar-refractivity contribution in [1.29, 1.82) is 0 Å². The number of non-ortho nitro benzene ring substituents is 1. The molecule has 0 aliphatic rings. The number of aliphatic carboxylic acids is 1. The van der Waals surface area contributed by atoms with Gasteiger partial charge in [0.05, 0.1) is 10.2 Å². The molecule has 108 valence electrons. The molecule has 0 fully saturated rings. The molecule has 8 heteroatoms. The summed E-state index contributed by atoms with van der Waals surface area (Å²) in [4.78, 5) is 33.1. The molecule has 1 aromatic rings. The Hall–Kier alpha value is -2.09. The van der Waals surface area contributed by atoms with E-state index >= 15 is 0 Å². The van der Waals surface area contributed by atoms with Crippen molar-refractivity contribution in [3.05, 3.63) is 34.4 Å². The predicted octanol–water partition coefficient (Wildman–Crippen LogP) is 1.66. The Morgan fingerprint density at radius 1 is 1.30 bits per heavy atom. The van der Waals surface area contributed by atoms with E-state index in [0.717, 1.165) is 0 Å². The summed E-state index contributed by atoms with van der Waals surface area (Å²) in [5.41, 5.74) is -0.0223. The number of nitrogens with one attached hydrogen (secondary N) is 1. The molecule has 2 atom stereocenters. The molecular formula is C12H14N2O5S. The van der Waals surface area contributed by atoms with Crippen molar-refractivity contribution in [2.75, 3.05) is 0 Å². The van der Waals surface area contributed by atoms with Crippen molar-refractivity contribution in [3.63, 3.8) is 0 Å². The molecular weight excluding hydrogens is 284 g/mol. The lowest BCUT2D eigenvalue weighted by Gasteiger charge is -2.14. The number of nitro groups is 1. The molecule has 0 radical (unpaired) electrons. The number of rotatable bonds is 6. The highest BCUT2D eigenvalue weighted by atomic mass is 32.2. The molecule has 0 saturated heterocycles. The molecule has 0 spiro atoms. The standard InChI is InChI=1S/C12H14N2O5S/c1-7(12(16)17)13-11(15)8(2)20-10-5-3-9(4-6-10)14(18)19/h3-8H,1-2H3,(H,13,15)(H,16,17). The van der Waals surface area contributed by atoms with E-state index in [1.54, 1.807) is 19.1 Å². The third-order valence-corrected chi connectivity index (χ3v) is 3.57. The zero-order valence-electron chi connectivity index (χ0n) is 10.9. The first-order valence-corrected chi connectivity index (χ1v) is 6.63. The fourth-order valence-electron chi connectivity index (χ4n) is 1.30. The summed E-state index contributed by atoms with van der Waals surface area (Å²) in [7, 11) is 0. The van der Waals surface area contributed by atoms with Crippen LogP contribution in [0.25, 0.3) is 0 Å². The molecule has 1 amide bonds. The van der Waals surface area contributed by atoms with Crippen molar-refractivity contribution in [2.45, 2.75) is 30.0 Å². The maximum atomic E-state index is 11.7. The van der Waals surface area contributed by atoms with Crippen molar-refractivity contribution >= 4 is 29.3 Å². The largest absolute Gasteiger partial charge is 0.480 e. The van der Waals surface area contributed by atoms with Gasteiger partial charge in [0.1, 0.15) is 6.04 Å². The average Bonchev–Trinajstić information content (AvgIpc) is 2.38. The van der Waals surface area contributed by atoms with Crippen LogP contribution in [0.15, 0.2) is 29.2 Å². The highest BCUT2D eigenvalue weighted by molar-refractivity contribution is 8.00. The van der Waals surface area contributed by atoms with Crippen LogP contribution in [0.2, 0.25) is 0 Å². The minimum absolute atomic E-state index is 0.0223. The lowest BCUT2D eigenvalue weighted by molar-refractivity contribution is -0.384. The van der Waals surface area contributed by atoms with E-state index in [9.17, 15) is 19.7 Å². The van der Waals surface area contributed by atoms with Crippen LogP contribution in [0, 0.1) is 10.1 Å². The number of nitrogens with zero attached hydrogens (tertiary/aromatic N) is 1. The Balaban J connectivity index is 2.61. The lowest BCUT2D eigenvalue weighted by Crippen LogP contribution is -2.41. The fraction of sp³-hybridized carbons (Fsp3) is 0.333. The van der Waals surface area contributed by atoms with Crippen LogP contribution < -0.4 is 5.32 Å². The van der Waals surface area contributed by atoms with Gasteiger partial charge in [-0.05, 0) is 26.0 Å². The number of carboxylic acid groups (broad SMARTS) is 1. The van der Waals surface area contributed by atoms with Gasteiger partial charge in [0.2, 0.25) is 5.91 Å². The van der Waals surface area contributed by atoms with Crippen LogP contribution in [0.1, 0.15) is 13.8 Å². The number of carboxylic acids is 1. The minimum atomic E-state index is -1.11. The molecule has 20 heavy (non-hydrogen) atoms. The predicted molar refractivity (Wildman–Crippen MR) is 73.7 cm³/mol. The SMILES string of the molecule is CC(NC(=O)C(C)Sc1ccc([N+](=O)[O-])cc1)C(=O)O. The molecule has 7 nitrogen and oxygen atoms in total. The number of thioether (sulfide) groups is 1. The summed E-state index contributed by atoms with van der Waals surface area (Å²) in [5.74, 6) is -1.51. The van der Waals surface area contributed by atoms with Crippen molar-refractivity contribution in [1.82, 2.24) is 5.32 Å². The summed E-state index contributed by atoms with van der Waals surface area (Å²) in [6.45, 7) is 3.01. The van der Waals surface area contributed by atoms with Gasteiger partial charge in [-0.15, -0.1) is 11.8 Å². The number of amides is 1. The number of hydrogen-bond acceptors (Lipinski definition) is 5. The number of carbonyl (C=O) groups is 2. The first-order valence-electron chi connectivity index (χ1n) is 5.75. The molecule has 2 N–H and O–H groups in total. The number of nitro benzene ring substituents is 1. The quantitative estimate of drug-likeness (QED) is 0.469. The second kappa shape index (κ2) is 6.90. The fourth-order valence-corrected chi connectivity index (χ4v) is 2.17. The van der Waals surface area contributed by atoms with E-state index in [-0.39, 0.29) is 5.69 Å². The van der Waals surface area contributed by atoms with Crippen LogP contribution in [-0.2, 0) is 9.59 Å². The normalized spacial score (nSPS) is 13.3. The zero-order valence-corrected chi connectivity index (χ0v) is 11.7. The van der Waals surface area contributed by atoms with Crippen molar-refractivity contribution in [3.8, 4) is 0 Å². The monoisotopic (exact) mass is 298 g/mol.